The molecule has 4 amide bonds. The molecule has 0 radical (unpaired) electrons. The Morgan fingerprint density at radius 3 is 2.21 bits per heavy atom. The third kappa shape index (κ3) is 9.02. The molecule has 2 rings (SSSR count). The van der Waals surface area contributed by atoms with Crippen molar-refractivity contribution in [1.82, 2.24) is 20.9 Å². The maximum absolute atomic E-state index is 13.5. The normalized spacial score (nSPS) is 15.1. The highest BCUT2D eigenvalue weighted by Crippen LogP contribution is 2.21. The molecule has 0 unspecified atom stereocenters. The van der Waals surface area contributed by atoms with E-state index in [2.05, 4.69) is 20.9 Å². The smallest absolute Gasteiger partial charge is 0.243 e. The van der Waals surface area contributed by atoms with E-state index in [-0.39, 0.29) is 31.1 Å². The molecule has 2 aromatic rings. The van der Waals surface area contributed by atoms with E-state index in [9.17, 15) is 28.8 Å². The number of Topliss-reactive ketones (excluding diaryl/α,β-unsaturated/α-hetero) is 1. The van der Waals surface area contributed by atoms with E-state index in [1.165, 1.54) is 13.8 Å². The molecule has 4 atom stereocenters. The van der Waals surface area contributed by atoms with E-state index in [0.29, 0.717) is 6.29 Å². The van der Waals surface area contributed by atoms with Gasteiger partial charge in [-0.2, -0.15) is 0 Å². The number of aromatic nitrogens is 1. The number of primary amides is 2. The molecule has 0 spiro atoms. The van der Waals surface area contributed by atoms with Crippen LogP contribution in [-0.2, 0) is 35.2 Å². The average molecular weight is 543 g/mol. The van der Waals surface area contributed by atoms with Crippen molar-refractivity contribution < 1.29 is 28.8 Å². The van der Waals surface area contributed by atoms with Gasteiger partial charge in [-0.3, -0.25) is 24.0 Å². The highest BCUT2D eigenvalue weighted by atomic mass is 16.2. The fraction of sp³-hybridized carbons (Fsp3) is 0.481. The van der Waals surface area contributed by atoms with Crippen molar-refractivity contribution in [3.05, 3.63) is 36.0 Å². The van der Waals surface area contributed by atoms with Crippen LogP contribution in [0, 0.1) is 11.3 Å². The van der Waals surface area contributed by atoms with Gasteiger partial charge in [0.15, 0.2) is 5.78 Å². The lowest BCUT2D eigenvalue weighted by Crippen LogP contribution is -2.57. The molecule has 0 bridgehead atoms. The molecule has 0 aliphatic heterocycles. The number of ketones is 1. The molecule has 1 aromatic carbocycles. The topological polar surface area (TPSA) is 206 Å². The number of nitrogens with one attached hydrogen (secondary N) is 4. The van der Waals surface area contributed by atoms with Crippen molar-refractivity contribution >= 4 is 46.6 Å². The van der Waals surface area contributed by atoms with Crippen LogP contribution in [-0.4, -0.2) is 65.4 Å². The van der Waals surface area contributed by atoms with E-state index >= 15 is 0 Å². The molecule has 1 heterocycles. The number of para-hydroxylation sites is 1. The highest BCUT2D eigenvalue weighted by Gasteiger charge is 2.32. The second kappa shape index (κ2) is 13.7. The zero-order valence-corrected chi connectivity index (χ0v) is 22.7. The van der Waals surface area contributed by atoms with Crippen LogP contribution < -0.4 is 27.4 Å². The van der Waals surface area contributed by atoms with Crippen LogP contribution in [0.4, 0.5) is 0 Å². The predicted octanol–water partition coefficient (Wildman–Crippen LogP) is -0.161. The Kier molecular flexibility index (Phi) is 10.9. The first kappa shape index (κ1) is 31.2. The van der Waals surface area contributed by atoms with Crippen molar-refractivity contribution in [3.8, 4) is 0 Å². The summed E-state index contributed by atoms with van der Waals surface area (Å²) < 4.78 is 0. The Balaban J connectivity index is 2.31. The van der Waals surface area contributed by atoms with Crippen molar-refractivity contribution in [3.63, 3.8) is 0 Å². The van der Waals surface area contributed by atoms with Crippen molar-refractivity contribution in [2.45, 2.75) is 65.1 Å². The van der Waals surface area contributed by atoms with Crippen LogP contribution in [0.15, 0.2) is 30.5 Å². The summed E-state index contributed by atoms with van der Waals surface area (Å²) in [7, 11) is 0. The molecule has 12 heteroatoms. The van der Waals surface area contributed by atoms with Gasteiger partial charge in [0.25, 0.3) is 0 Å². The van der Waals surface area contributed by atoms with E-state index in [4.69, 9.17) is 11.5 Å². The summed E-state index contributed by atoms with van der Waals surface area (Å²) in [6.45, 7) is 6.38. The Labute approximate surface area is 227 Å². The maximum atomic E-state index is 13.5. The van der Waals surface area contributed by atoms with Gasteiger partial charge in [0.1, 0.15) is 12.3 Å². The number of benzene rings is 1. The number of carbonyl (C=O) groups is 6. The molecule has 212 valence electrons. The third-order valence-corrected chi connectivity index (χ3v) is 6.42. The van der Waals surface area contributed by atoms with Gasteiger partial charge >= 0.3 is 0 Å². The Bertz CT molecular complexity index is 1220. The van der Waals surface area contributed by atoms with Crippen LogP contribution in [0.1, 0.15) is 46.1 Å². The molecule has 1 aromatic heterocycles. The number of rotatable bonds is 16. The molecule has 8 N–H and O–H groups in total. The number of aromatic amines is 1. The fourth-order valence-electron chi connectivity index (χ4n) is 4.25. The number of carbonyl (C=O) groups excluding carboxylic acids is 6. The average Bonchev–Trinajstić information content (AvgIpc) is 3.27. The van der Waals surface area contributed by atoms with Crippen LogP contribution >= 0.6 is 0 Å². The van der Waals surface area contributed by atoms with Gasteiger partial charge in [0, 0.05) is 41.4 Å². The Hall–Kier alpha value is -4.06. The van der Waals surface area contributed by atoms with Gasteiger partial charge in [-0.15, -0.1) is 0 Å². The zero-order chi connectivity index (χ0) is 29.3. The summed E-state index contributed by atoms with van der Waals surface area (Å²) in [5, 5.41) is 8.99. The monoisotopic (exact) mass is 542 g/mol. The van der Waals surface area contributed by atoms with Gasteiger partial charge in [-0.1, -0.05) is 39.0 Å². The molecular weight excluding hydrogens is 504 g/mol. The summed E-state index contributed by atoms with van der Waals surface area (Å²) in [5.41, 5.74) is 11.1. The van der Waals surface area contributed by atoms with E-state index in [1.807, 2.05) is 24.3 Å². The molecule has 0 saturated heterocycles. The SMILES string of the molecule is CC(C)C(=O)[C@@H](C)NC(=O)[C@H](CC(N)=O)NC(=O)[C@H](Cc1c[nH]c2ccccc12)NC[C@@](C)(C=O)CC(N)=O. The van der Waals surface area contributed by atoms with Gasteiger partial charge in [-0.25, -0.2) is 0 Å². The fourth-order valence-corrected chi connectivity index (χ4v) is 4.25. The minimum atomic E-state index is -1.34. The molecule has 0 saturated carbocycles. The summed E-state index contributed by atoms with van der Waals surface area (Å²) in [6, 6.07) is 4.32. The number of nitrogens with two attached hydrogens (primary N) is 2. The lowest BCUT2D eigenvalue weighted by molar-refractivity contribution is -0.134. The number of hydrogen-bond acceptors (Lipinski definition) is 7. The standard InChI is InChI=1S/C27H38N6O6/c1-15(2)24(37)16(3)32-26(39)21(10-22(28)35)33-25(38)20(31-13-27(4,14-34)11-23(29)36)9-17-12-30-19-8-6-5-7-18(17)19/h5-8,12,14-16,20-21,30-31H,9-11,13H2,1-4H3,(H2,28,35)(H2,29,36)(H,32,39)(H,33,38)/t16-,20+,21+,27+/m1/s1. The number of aldehydes is 1. The number of fused-ring (bicyclic) bond motifs is 1. The van der Waals surface area contributed by atoms with E-state index in [1.54, 1.807) is 20.0 Å². The summed E-state index contributed by atoms with van der Waals surface area (Å²) in [6.07, 6.45) is 1.77. The van der Waals surface area contributed by atoms with Crippen molar-refractivity contribution in [2.75, 3.05) is 6.54 Å². The summed E-state index contributed by atoms with van der Waals surface area (Å²) in [4.78, 5) is 76.8. The van der Waals surface area contributed by atoms with Gasteiger partial charge in [-0.05, 0) is 25.0 Å². The van der Waals surface area contributed by atoms with Crippen molar-refractivity contribution in [1.29, 1.82) is 0 Å². The molecule has 12 nitrogen and oxygen atoms in total. The predicted molar refractivity (Wildman–Crippen MR) is 145 cm³/mol. The zero-order valence-electron chi connectivity index (χ0n) is 22.7. The minimum absolute atomic E-state index is 0.0630. The van der Waals surface area contributed by atoms with Crippen LogP contribution in [0.5, 0.6) is 0 Å². The first-order chi connectivity index (χ1) is 18.3. The number of amides is 4. The third-order valence-electron chi connectivity index (χ3n) is 6.42. The van der Waals surface area contributed by atoms with Gasteiger partial charge < -0.3 is 37.2 Å². The largest absolute Gasteiger partial charge is 0.370 e. The van der Waals surface area contributed by atoms with E-state index < -0.39 is 53.6 Å². The van der Waals surface area contributed by atoms with Gasteiger partial charge in [0.2, 0.25) is 23.6 Å². The van der Waals surface area contributed by atoms with Crippen LogP contribution in [0.3, 0.4) is 0 Å². The molecule has 39 heavy (non-hydrogen) atoms. The highest BCUT2D eigenvalue weighted by molar-refractivity contribution is 5.96. The first-order valence-corrected chi connectivity index (χ1v) is 12.7. The second-order valence-electron chi connectivity index (χ2n) is 10.4. The maximum Gasteiger partial charge on any atom is 0.243 e. The number of H-pyrrole nitrogens is 1. The summed E-state index contributed by atoms with van der Waals surface area (Å²) >= 11 is 0. The molecule has 0 fully saturated rings. The second-order valence-corrected chi connectivity index (χ2v) is 10.4. The molecular formula is C27H38N6O6. The Morgan fingerprint density at radius 1 is 0.974 bits per heavy atom. The Morgan fingerprint density at radius 2 is 1.62 bits per heavy atom. The molecule has 0 aliphatic carbocycles. The summed E-state index contributed by atoms with van der Waals surface area (Å²) in [5.74, 6) is -3.42. The lowest BCUT2D eigenvalue weighted by Gasteiger charge is -2.27. The van der Waals surface area contributed by atoms with Crippen LogP contribution in [0.25, 0.3) is 10.9 Å². The number of hydrogen-bond donors (Lipinski definition) is 6. The van der Waals surface area contributed by atoms with E-state index in [0.717, 1.165) is 16.5 Å². The van der Waals surface area contributed by atoms with Crippen molar-refractivity contribution in [2.24, 2.45) is 22.8 Å². The lowest BCUT2D eigenvalue weighted by atomic mass is 9.87. The van der Waals surface area contributed by atoms with Crippen LogP contribution in [0.2, 0.25) is 0 Å². The minimum Gasteiger partial charge on any atom is -0.370 e. The first-order valence-electron chi connectivity index (χ1n) is 12.7. The quantitative estimate of drug-likeness (QED) is 0.158. The van der Waals surface area contributed by atoms with Gasteiger partial charge in [0.05, 0.1) is 18.5 Å². The molecule has 0 aliphatic rings.